The van der Waals surface area contributed by atoms with E-state index < -0.39 is 5.60 Å². The third kappa shape index (κ3) is 6.99. The highest BCUT2D eigenvalue weighted by Gasteiger charge is 2.45. The summed E-state index contributed by atoms with van der Waals surface area (Å²) < 4.78 is 11.5. The monoisotopic (exact) mass is 561 g/mol. The van der Waals surface area contributed by atoms with Gasteiger partial charge in [-0.2, -0.15) is 0 Å². The molecule has 2 aliphatic heterocycles. The third-order valence-electron chi connectivity index (χ3n) is 5.69. The van der Waals surface area contributed by atoms with Crippen LogP contribution in [0, 0.1) is 0 Å². The number of rotatable bonds is 4. The molecule has 3 rings (SSSR count). The molecule has 0 aromatic carbocycles. The molecule has 2 atom stereocenters. The van der Waals surface area contributed by atoms with Crippen molar-refractivity contribution < 1.29 is 13.9 Å². The zero-order valence-electron chi connectivity index (χ0n) is 20.5. The van der Waals surface area contributed by atoms with Gasteiger partial charge in [0.05, 0.1) is 6.20 Å². The van der Waals surface area contributed by atoms with E-state index in [1.807, 2.05) is 25.7 Å². The molecular formula is C23H40IN5O3. The summed E-state index contributed by atoms with van der Waals surface area (Å²) in [5.74, 6) is 2.23. The van der Waals surface area contributed by atoms with Gasteiger partial charge in [0.1, 0.15) is 17.9 Å². The predicted molar refractivity (Wildman–Crippen MR) is 136 cm³/mol. The smallest absolute Gasteiger partial charge is 0.410 e. The van der Waals surface area contributed by atoms with Gasteiger partial charge >= 0.3 is 6.09 Å². The Balaban J connectivity index is 0.00000363. The van der Waals surface area contributed by atoms with Crippen molar-refractivity contribution in [3.05, 3.63) is 17.8 Å². The van der Waals surface area contributed by atoms with E-state index in [2.05, 4.69) is 48.3 Å². The zero-order chi connectivity index (χ0) is 22.8. The van der Waals surface area contributed by atoms with Crippen molar-refractivity contribution in [1.82, 2.24) is 20.5 Å². The molecule has 2 saturated heterocycles. The Morgan fingerprint density at radius 3 is 2.34 bits per heavy atom. The molecule has 0 aliphatic carbocycles. The van der Waals surface area contributed by atoms with Gasteiger partial charge in [-0.05, 0) is 53.4 Å². The van der Waals surface area contributed by atoms with Crippen LogP contribution in [0.25, 0.3) is 0 Å². The van der Waals surface area contributed by atoms with Crippen LogP contribution in [0.1, 0.15) is 85.8 Å². The molecule has 0 saturated carbocycles. The molecule has 8 nitrogen and oxygen atoms in total. The second-order valence-corrected chi connectivity index (χ2v) is 10.6. The van der Waals surface area contributed by atoms with Crippen LogP contribution < -0.4 is 10.6 Å². The fourth-order valence-corrected chi connectivity index (χ4v) is 4.30. The number of hydrogen-bond donors (Lipinski definition) is 2. The first-order valence-electron chi connectivity index (χ1n) is 11.5. The van der Waals surface area contributed by atoms with E-state index in [4.69, 9.17) is 9.15 Å². The highest BCUT2D eigenvalue weighted by Crippen LogP contribution is 2.36. The fraction of sp³-hybridized carbons (Fsp3) is 0.783. The summed E-state index contributed by atoms with van der Waals surface area (Å²) in [5, 5.41) is 6.88. The predicted octanol–water partition coefficient (Wildman–Crippen LogP) is 4.58. The minimum Gasteiger partial charge on any atom is -0.444 e. The molecule has 2 bridgehead atoms. The molecule has 2 N–H and O–H groups in total. The lowest BCUT2D eigenvalue weighted by Crippen LogP contribution is -2.55. The quantitative estimate of drug-likeness (QED) is 0.318. The van der Waals surface area contributed by atoms with Crippen LogP contribution in [-0.2, 0) is 16.7 Å². The molecule has 2 fully saturated rings. The summed E-state index contributed by atoms with van der Waals surface area (Å²) in [5.41, 5.74) is -0.539. The summed E-state index contributed by atoms with van der Waals surface area (Å²) in [4.78, 5) is 23.7. The standard InChI is InChI=1S/C23H39N5O3.HI/c1-8-24-20(26-14-19-25-13-18(30-19)22(2,3)4)27-15-11-16-9-10-17(12-15)28(16)21(29)31-23(5,6)7;/h13,15-17H,8-12,14H2,1-7H3,(H2,24,26,27);1H. The molecule has 182 valence electrons. The number of halogens is 1. The lowest BCUT2D eigenvalue weighted by atomic mass is 9.94. The summed E-state index contributed by atoms with van der Waals surface area (Å²) in [6.07, 6.45) is 5.46. The zero-order valence-corrected chi connectivity index (χ0v) is 22.9. The van der Waals surface area contributed by atoms with E-state index in [1.165, 1.54) is 0 Å². The molecular weight excluding hydrogens is 521 g/mol. The van der Waals surface area contributed by atoms with Crippen LogP contribution in [-0.4, -0.2) is 52.2 Å². The first kappa shape index (κ1) is 26.7. The average molecular weight is 562 g/mol. The highest BCUT2D eigenvalue weighted by atomic mass is 127. The average Bonchev–Trinajstić information content (AvgIpc) is 3.21. The molecule has 9 heteroatoms. The van der Waals surface area contributed by atoms with Gasteiger partial charge < -0.3 is 24.7 Å². The number of carbonyl (C=O) groups excluding carboxylic acids is 1. The Hall–Kier alpha value is -1.52. The summed E-state index contributed by atoms with van der Waals surface area (Å²) >= 11 is 0. The van der Waals surface area contributed by atoms with Gasteiger partial charge in [0.25, 0.3) is 0 Å². The molecule has 3 heterocycles. The Bertz CT molecular complexity index is 782. The van der Waals surface area contributed by atoms with Crippen LogP contribution in [0.4, 0.5) is 4.79 Å². The molecule has 1 aromatic heterocycles. The second kappa shape index (κ2) is 10.6. The normalized spacial score (nSPS) is 23.5. The maximum atomic E-state index is 12.7. The molecule has 1 amide bonds. The van der Waals surface area contributed by atoms with E-state index in [1.54, 1.807) is 6.20 Å². The maximum absolute atomic E-state index is 12.7. The second-order valence-electron chi connectivity index (χ2n) is 10.6. The largest absolute Gasteiger partial charge is 0.444 e. The Morgan fingerprint density at radius 1 is 1.22 bits per heavy atom. The topological polar surface area (TPSA) is 92.0 Å². The van der Waals surface area contributed by atoms with Gasteiger partial charge in [-0.15, -0.1) is 24.0 Å². The molecule has 32 heavy (non-hydrogen) atoms. The fourth-order valence-electron chi connectivity index (χ4n) is 4.30. The van der Waals surface area contributed by atoms with Crippen LogP contribution in [0.5, 0.6) is 0 Å². The van der Waals surface area contributed by atoms with E-state index in [0.29, 0.717) is 12.4 Å². The van der Waals surface area contributed by atoms with Crippen LogP contribution in [0.15, 0.2) is 15.6 Å². The minimum atomic E-state index is -0.469. The summed E-state index contributed by atoms with van der Waals surface area (Å²) in [7, 11) is 0. The van der Waals surface area contributed by atoms with E-state index in [0.717, 1.165) is 43.9 Å². The molecule has 2 aliphatic rings. The number of aliphatic imine (C=N–C) groups is 1. The van der Waals surface area contributed by atoms with E-state index in [9.17, 15) is 4.79 Å². The van der Waals surface area contributed by atoms with Crippen molar-refractivity contribution in [3.8, 4) is 0 Å². The molecule has 1 aromatic rings. The Kier molecular flexibility index (Phi) is 8.86. The highest BCUT2D eigenvalue weighted by molar-refractivity contribution is 14.0. The summed E-state index contributed by atoms with van der Waals surface area (Å²) in [6.45, 7) is 15.3. The van der Waals surface area contributed by atoms with Gasteiger partial charge in [0, 0.05) is 30.1 Å². The van der Waals surface area contributed by atoms with Crippen molar-refractivity contribution >= 4 is 36.0 Å². The van der Waals surface area contributed by atoms with Crippen molar-refractivity contribution in [1.29, 1.82) is 0 Å². The lowest BCUT2D eigenvalue weighted by molar-refractivity contribution is 0.00545. The number of nitrogens with one attached hydrogen (secondary N) is 2. The van der Waals surface area contributed by atoms with Gasteiger partial charge in [-0.1, -0.05) is 20.8 Å². The third-order valence-corrected chi connectivity index (χ3v) is 5.69. The number of hydrogen-bond acceptors (Lipinski definition) is 5. The number of ether oxygens (including phenoxy) is 1. The van der Waals surface area contributed by atoms with Gasteiger partial charge in [-0.25, -0.2) is 14.8 Å². The number of aromatic nitrogens is 1. The lowest BCUT2D eigenvalue weighted by Gasteiger charge is -2.40. The summed E-state index contributed by atoms with van der Waals surface area (Å²) in [6, 6.07) is 0.703. The van der Waals surface area contributed by atoms with E-state index >= 15 is 0 Å². The first-order valence-corrected chi connectivity index (χ1v) is 11.5. The molecule has 2 unspecified atom stereocenters. The van der Waals surface area contributed by atoms with Crippen LogP contribution in [0.3, 0.4) is 0 Å². The van der Waals surface area contributed by atoms with Crippen molar-refractivity contribution in [2.75, 3.05) is 6.54 Å². The first-order chi connectivity index (χ1) is 14.5. The SMILES string of the molecule is CCNC(=NCc1ncc(C(C)(C)C)o1)NC1CC2CCC(C1)N2C(=O)OC(C)(C)C.I. The van der Waals surface area contributed by atoms with Gasteiger partial charge in [0.2, 0.25) is 5.89 Å². The number of guanidine groups is 1. The Labute approximate surface area is 209 Å². The van der Waals surface area contributed by atoms with Crippen LogP contribution in [0.2, 0.25) is 0 Å². The number of oxazole rings is 1. The van der Waals surface area contributed by atoms with Gasteiger partial charge in [-0.3, -0.25) is 0 Å². The maximum Gasteiger partial charge on any atom is 0.410 e. The number of fused-ring (bicyclic) bond motifs is 2. The van der Waals surface area contributed by atoms with Crippen molar-refractivity contribution in [2.45, 2.75) is 110 Å². The number of nitrogens with zero attached hydrogens (tertiary/aromatic N) is 3. The van der Waals surface area contributed by atoms with Gasteiger partial charge in [0.15, 0.2) is 5.96 Å². The van der Waals surface area contributed by atoms with Crippen molar-refractivity contribution in [2.24, 2.45) is 4.99 Å². The van der Waals surface area contributed by atoms with Crippen LogP contribution >= 0.6 is 24.0 Å². The molecule has 0 radical (unpaired) electrons. The number of carbonyl (C=O) groups is 1. The minimum absolute atomic E-state index is 0. The number of piperidine rings is 1. The van der Waals surface area contributed by atoms with Crippen molar-refractivity contribution in [3.63, 3.8) is 0 Å². The Morgan fingerprint density at radius 2 is 1.84 bits per heavy atom. The molecule has 0 spiro atoms. The number of amides is 1. The van der Waals surface area contributed by atoms with E-state index in [-0.39, 0.29) is 53.6 Å².